The van der Waals surface area contributed by atoms with Crippen LogP contribution in [0.5, 0.6) is 0 Å². The maximum Gasteiger partial charge on any atom is 0.412 e. The van der Waals surface area contributed by atoms with Gasteiger partial charge in [-0.1, -0.05) is 42.5 Å². The molecule has 0 spiro atoms. The quantitative estimate of drug-likeness (QED) is 0.502. The number of ether oxygens (including phenoxy) is 1. The summed E-state index contributed by atoms with van der Waals surface area (Å²) >= 11 is 0. The van der Waals surface area contributed by atoms with E-state index < -0.39 is 30.1 Å². The number of hydrogen-bond acceptors (Lipinski definition) is 5. The highest BCUT2D eigenvalue weighted by Gasteiger charge is 2.20. The molecule has 2 atom stereocenters. The summed E-state index contributed by atoms with van der Waals surface area (Å²) in [7, 11) is 1.76. The molecule has 0 aliphatic rings. The lowest BCUT2D eigenvalue weighted by Gasteiger charge is -2.14. The highest BCUT2D eigenvalue weighted by molar-refractivity contribution is 5.97. The second kappa shape index (κ2) is 9.99. The van der Waals surface area contributed by atoms with Gasteiger partial charge in [0.2, 0.25) is 0 Å². The van der Waals surface area contributed by atoms with Gasteiger partial charge >= 0.3 is 12.1 Å². The summed E-state index contributed by atoms with van der Waals surface area (Å²) in [6, 6.07) is 14.9. The molecule has 0 aliphatic carbocycles. The van der Waals surface area contributed by atoms with Crippen LogP contribution in [0.3, 0.4) is 0 Å². The zero-order valence-corrected chi connectivity index (χ0v) is 18.8. The van der Waals surface area contributed by atoms with E-state index in [0.717, 1.165) is 11.3 Å². The van der Waals surface area contributed by atoms with Crippen LogP contribution in [0.2, 0.25) is 0 Å². The number of nitrogens with zero attached hydrogens (tertiary/aromatic N) is 2. The van der Waals surface area contributed by atoms with Crippen LogP contribution in [-0.4, -0.2) is 38.9 Å². The summed E-state index contributed by atoms with van der Waals surface area (Å²) in [6.07, 6.45) is -1.04. The molecule has 0 fully saturated rings. The van der Waals surface area contributed by atoms with E-state index >= 15 is 0 Å². The Morgan fingerprint density at radius 1 is 1.03 bits per heavy atom. The molecule has 2 amide bonds. The Kier molecular flexibility index (Phi) is 7.12. The van der Waals surface area contributed by atoms with Crippen molar-refractivity contribution in [2.75, 3.05) is 5.32 Å². The van der Waals surface area contributed by atoms with Crippen LogP contribution >= 0.6 is 0 Å². The minimum atomic E-state index is -1.12. The Hall–Kier alpha value is -4.14. The van der Waals surface area contributed by atoms with Gasteiger partial charge in [0.1, 0.15) is 17.8 Å². The normalized spacial score (nSPS) is 12.5. The fourth-order valence-corrected chi connectivity index (χ4v) is 3.17. The van der Waals surface area contributed by atoms with Crippen LogP contribution in [0, 0.1) is 6.92 Å². The van der Waals surface area contributed by atoms with Crippen molar-refractivity contribution < 1.29 is 24.2 Å². The topological polar surface area (TPSA) is 123 Å². The number of aliphatic carboxylic acids is 1. The lowest BCUT2D eigenvalue weighted by atomic mass is 10.1. The molecule has 0 saturated carbocycles. The van der Waals surface area contributed by atoms with Gasteiger partial charge in [-0.3, -0.25) is 19.6 Å². The second-order valence-corrected chi connectivity index (χ2v) is 7.63. The molecule has 2 aromatic carbocycles. The van der Waals surface area contributed by atoms with Gasteiger partial charge in [-0.05, 0) is 38.5 Å². The van der Waals surface area contributed by atoms with E-state index in [1.807, 2.05) is 37.3 Å². The van der Waals surface area contributed by atoms with Crippen LogP contribution < -0.4 is 10.6 Å². The Labute approximate surface area is 191 Å². The number of carboxylic acids is 1. The van der Waals surface area contributed by atoms with Crippen molar-refractivity contribution in [3.8, 4) is 11.3 Å². The summed E-state index contributed by atoms with van der Waals surface area (Å²) in [5.41, 5.74) is 3.61. The highest BCUT2D eigenvalue weighted by atomic mass is 16.6. The smallest absolute Gasteiger partial charge is 0.412 e. The van der Waals surface area contributed by atoms with Crippen molar-refractivity contribution in [3.05, 3.63) is 71.4 Å². The van der Waals surface area contributed by atoms with Crippen LogP contribution in [-0.2, 0) is 16.6 Å². The molecule has 3 N–H and O–H groups in total. The minimum absolute atomic E-state index is 0.310. The van der Waals surface area contributed by atoms with Gasteiger partial charge in [-0.2, -0.15) is 5.10 Å². The number of benzene rings is 2. The number of carboxylic acid groups (broad SMARTS) is 1. The number of carbonyl (C=O) groups is 3. The van der Waals surface area contributed by atoms with Gasteiger partial charge in [0.15, 0.2) is 0 Å². The zero-order chi connectivity index (χ0) is 24.1. The molecule has 1 aromatic heterocycles. The van der Waals surface area contributed by atoms with Crippen LogP contribution in [0.15, 0.2) is 54.6 Å². The standard InChI is InChI=1S/C24H26N4O5/c1-14(23(30)31)25-22(29)19-12-10-18(11-13-19)21-20(15(2)28(4)27-21)26-24(32)33-16(3)17-8-6-5-7-9-17/h5-14,16H,1-4H3,(H,25,29)(H,26,32)(H,30,31)/t14?,16-/m1/s1. The highest BCUT2D eigenvalue weighted by Crippen LogP contribution is 2.30. The molecule has 33 heavy (non-hydrogen) atoms. The van der Waals surface area contributed by atoms with Gasteiger partial charge in [0, 0.05) is 18.2 Å². The van der Waals surface area contributed by atoms with Gasteiger partial charge in [0.25, 0.3) is 5.91 Å². The average Bonchev–Trinajstić information content (AvgIpc) is 3.07. The fourth-order valence-electron chi connectivity index (χ4n) is 3.17. The summed E-state index contributed by atoms with van der Waals surface area (Å²) in [5.74, 6) is -1.61. The number of amides is 2. The summed E-state index contributed by atoms with van der Waals surface area (Å²) in [4.78, 5) is 35.7. The molecule has 0 bridgehead atoms. The van der Waals surface area contributed by atoms with Crippen LogP contribution in [0.25, 0.3) is 11.3 Å². The van der Waals surface area contributed by atoms with Crippen molar-refractivity contribution >= 4 is 23.7 Å². The molecule has 0 radical (unpaired) electrons. The SMILES string of the molecule is Cc1c(NC(=O)O[C@H](C)c2ccccc2)c(-c2ccc(C(=O)NC(C)C(=O)O)cc2)nn1C. The van der Waals surface area contributed by atoms with Gasteiger partial charge < -0.3 is 15.2 Å². The molecule has 1 heterocycles. The fraction of sp³-hybridized carbons (Fsp3) is 0.250. The van der Waals surface area contributed by atoms with E-state index in [0.29, 0.717) is 22.5 Å². The number of nitrogens with one attached hydrogen (secondary N) is 2. The van der Waals surface area contributed by atoms with Gasteiger partial charge in [0.05, 0.1) is 11.4 Å². The molecule has 9 nitrogen and oxygen atoms in total. The molecule has 1 unspecified atom stereocenters. The van der Waals surface area contributed by atoms with E-state index in [1.165, 1.54) is 6.92 Å². The number of carbonyl (C=O) groups excluding carboxylic acids is 2. The molecule has 9 heteroatoms. The third-order valence-corrected chi connectivity index (χ3v) is 5.25. The molecule has 0 saturated heterocycles. The van der Waals surface area contributed by atoms with E-state index in [-0.39, 0.29) is 0 Å². The van der Waals surface area contributed by atoms with Gasteiger partial charge in [-0.15, -0.1) is 0 Å². The predicted molar refractivity (Wildman–Crippen MR) is 123 cm³/mol. The number of aryl methyl sites for hydroxylation is 1. The Morgan fingerprint density at radius 2 is 1.67 bits per heavy atom. The van der Waals surface area contributed by atoms with Crippen molar-refractivity contribution in [2.24, 2.45) is 7.05 Å². The third kappa shape index (κ3) is 5.57. The Morgan fingerprint density at radius 3 is 2.27 bits per heavy atom. The maximum atomic E-state index is 12.6. The Balaban J connectivity index is 1.77. The molecule has 0 aliphatic heterocycles. The van der Waals surface area contributed by atoms with Crippen molar-refractivity contribution in [3.63, 3.8) is 0 Å². The zero-order valence-electron chi connectivity index (χ0n) is 18.8. The van der Waals surface area contributed by atoms with Crippen LogP contribution in [0.4, 0.5) is 10.5 Å². The predicted octanol–water partition coefficient (Wildman–Crippen LogP) is 3.91. The first kappa shape index (κ1) is 23.5. The largest absolute Gasteiger partial charge is 0.480 e. The number of anilines is 1. The first-order valence-corrected chi connectivity index (χ1v) is 10.4. The molecule has 172 valence electrons. The lowest BCUT2D eigenvalue weighted by Crippen LogP contribution is -2.38. The van der Waals surface area contributed by atoms with Crippen molar-refractivity contribution in [2.45, 2.75) is 32.9 Å². The maximum absolute atomic E-state index is 12.6. The minimum Gasteiger partial charge on any atom is -0.480 e. The summed E-state index contributed by atoms with van der Waals surface area (Å²) < 4.78 is 7.15. The molecule has 3 aromatic rings. The average molecular weight is 450 g/mol. The Bertz CT molecular complexity index is 1160. The molecular weight excluding hydrogens is 424 g/mol. The van der Waals surface area contributed by atoms with E-state index in [1.54, 1.807) is 42.9 Å². The summed E-state index contributed by atoms with van der Waals surface area (Å²) in [5, 5.41) is 18.6. The first-order chi connectivity index (χ1) is 15.7. The van der Waals surface area contributed by atoms with E-state index in [9.17, 15) is 14.4 Å². The number of rotatable bonds is 7. The van der Waals surface area contributed by atoms with Crippen LogP contribution in [0.1, 0.15) is 41.6 Å². The van der Waals surface area contributed by atoms with E-state index in [2.05, 4.69) is 15.7 Å². The lowest BCUT2D eigenvalue weighted by molar-refractivity contribution is -0.138. The van der Waals surface area contributed by atoms with E-state index in [4.69, 9.17) is 9.84 Å². The number of aromatic nitrogens is 2. The summed E-state index contributed by atoms with van der Waals surface area (Å²) in [6.45, 7) is 5.00. The second-order valence-electron chi connectivity index (χ2n) is 7.63. The van der Waals surface area contributed by atoms with Crippen molar-refractivity contribution in [1.82, 2.24) is 15.1 Å². The van der Waals surface area contributed by atoms with Crippen molar-refractivity contribution in [1.29, 1.82) is 0 Å². The molecule has 3 rings (SSSR count). The van der Waals surface area contributed by atoms with Gasteiger partial charge in [-0.25, -0.2) is 4.79 Å². The first-order valence-electron chi connectivity index (χ1n) is 10.4. The molecular formula is C24H26N4O5. The third-order valence-electron chi connectivity index (χ3n) is 5.25. The monoisotopic (exact) mass is 450 g/mol. The number of hydrogen-bond donors (Lipinski definition) is 3.